The van der Waals surface area contributed by atoms with Gasteiger partial charge in [-0.25, -0.2) is 0 Å². The van der Waals surface area contributed by atoms with Gasteiger partial charge in [0.2, 0.25) is 0 Å². The van der Waals surface area contributed by atoms with E-state index in [1.54, 1.807) is 0 Å². The summed E-state index contributed by atoms with van der Waals surface area (Å²) in [6.07, 6.45) is 1.53. The largest absolute Gasteiger partial charge is 0.287 e. The van der Waals surface area contributed by atoms with Crippen molar-refractivity contribution in [2.45, 2.75) is 0 Å². The van der Waals surface area contributed by atoms with Gasteiger partial charge in [-0.3, -0.25) is 19.6 Å². The zero-order chi connectivity index (χ0) is 10.3. The van der Waals surface area contributed by atoms with Crippen molar-refractivity contribution in [1.82, 2.24) is 9.36 Å². The second-order valence-electron chi connectivity index (χ2n) is 2.51. The Morgan fingerprint density at radius 1 is 1.71 bits per heavy atom. The number of halogens is 2. The number of nitrogens with one attached hydrogen (secondary N) is 2. The number of rotatable bonds is 1. The summed E-state index contributed by atoms with van der Waals surface area (Å²) in [5.74, 6) is 0. The number of fused-ring (bicyclic) bond motifs is 1. The number of hydrogen-bond acceptors (Lipinski definition) is 4. The Labute approximate surface area is 95.7 Å². The molecule has 0 aromatic carbocycles. The third kappa shape index (κ3) is 1.39. The molecule has 2 aromatic heterocycles. The van der Waals surface area contributed by atoms with Crippen molar-refractivity contribution in [3.05, 3.63) is 26.7 Å². The summed E-state index contributed by atoms with van der Waals surface area (Å²) in [6, 6.07) is 0. The van der Waals surface area contributed by atoms with Crippen molar-refractivity contribution in [1.29, 1.82) is 5.41 Å². The Kier molecular flexibility index (Phi) is 2.42. The first kappa shape index (κ1) is 9.82. The van der Waals surface area contributed by atoms with Gasteiger partial charge in [0.25, 0.3) is 5.56 Å². The van der Waals surface area contributed by atoms with Crippen LogP contribution in [0.15, 0.2) is 15.5 Å². The molecule has 7 heteroatoms. The molecule has 2 heterocycles. The van der Waals surface area contributed by atoms with Gasteiger partial charge in [-0.1, -0.05) is 23.1 Å². The van der Waals surface area contributed by atoms with Crippen LogP contribution in [0.5, 0.6) is 0 Å². The van der Waals surface area contributed by atoms with E-state index in [2.05, 4.69) is 25.3 Å². The number of pyridine rings is 1. The summed E-state index contributed by atoms with van der Waals surface area (Å²) >= 11 is 9.98. The average molecular weight is 293 g/mol. The lowest BCUT2D eigenvalue weighted by atomic mass is 10.2. The molecule has 2 aromatic rings. The lowest BCUT2D eigenvalue weighted by Gasteiger charge is -1.97. The van der Waals surface area contributed by atoms with Crippen LogP contribution < -0.4 is 5.56 Å². The molecule has 0 radical (unpaired) electrons. The van der Waals surface area contributed by atoms with Crippen LogP contribution in [0.4, 0.5) is 0 Å². The molecule has 0 bridgehead atoms. The quantitative estimate of drug-likeness (QED) is 0.792. The molecule has 0 unspecified atom stereocenters. The van der Waals surface area contributed by atoms with Crippen molar-refractivity contribution in [2.75, 3.05) is 0 Å². The third-order valence-corrected chi connectivity index (χ3v) is 3.63. The van der Waals surface area contributed by atoms with Crippen molar-refractivity contribution in [2.24, 2.45) is 0 Å². The summed E-state index contributed by atoms with van der Waals surface area (Å²) in [5.41, 5.74) is -0.0495. The van der Waals surface area contributed by atoms with Gasteiger partial charge in [0.15, 0.2) is 0 Å². The lowest BCUT2D eigenvalue weighted by molar-refractivity contribution is 1.30. The van der Waals surface area contributed by atoms with Gasteiger partial charge < -0.3 is 0 Å². The van der Waals surface area contributed by atoms with Gasteiger partial charge in [-0.2, -0.15) is 0 Å². The van der Waals surface area contributed by atoms with Crippen LogP contribution in [0, 0.1) is 5.41 Å². The van der Waals surface area contributed by atoms with Gasteiger partial charge in [-0.05, 0) is 15.9 Å². The molecule has 0 aliphatic heterocycles. The van der Waals surface area contributed by atoms with Crippen molar-refractivity contribution in [3.63, 3.8) is 0 Å². The molecule has 2 N–H and O–H groups in total. The smallest absolute Gasteiger partial charge is 0.268 e. The Hall–Kier alpha value is -0.720. The summed E-state index contributed by atoms with van der Waals surface area (Å²) in [4.78, 5) is 15.3. The molecule has 14 heavy (non-hydrogen) atoms. The number of nitrogens with zero attached hydrogens (tertiary/aromatic N) is 1. The monoisotopic (exact) mass is 291 g/mol. The average Bonchev–Trinajstić information content (AvgIpc) is 2.50. The Balaban J connectivity index is 3.00. The molecule has 0 saturated heterocycles. The maximum absolute atomic E-state index is 11.4. The maximum atomic E-state index is 11.4. The highest BCUT2D eigenvalue weighted by atomic mass is 79.9. The summed E-state index contributed by atoms with van der Waals surface area (Å²) in [5, 5.41) is 7.40. The summed E-state index contributed by atoms with van der Waals surface area (Å²) in [6.45, 7) is 0. The molecule has 4 nitrogen and oxygen atoms in total. The van der Waals surface area contributed by atoms with Crippen LogP contribution in [0.2, 0.25) is 0 Å². The van der Waals surface area contributed by atoms with Crippen LogP contribution in [0.3, 0.4) is 0 Å². The van der Waals surface area contributed by atoms with Gasteiger partial charge in [0.1, 0.15) is 10.9 Å². The SMILES string of the molecule is N=C(Cl)c1ncc(Br)c2s[nH]c(=O)c12. The van der Waals surface area contributed by atoms with E-state index in [4.69, 9.17) is 17.0 Å². The first-order chi connectivity index (χ1) is 6.61. The minimum absolute atomic E-state index is 0.215. The zero-order valence-electron chi connectivity index (χ0n) is 6.60. The minimum atomic E-state index is -0.265. The fourth-order valence-corrected chi connectivity index (χ4v) is 2.52. The molecular weight excluding hydrogens is 290 g/mol. The van der Waals surface area contributed by atoms with E-state index < -0.39 is 0 Å². The van der Waals surface area contributed by atoms with E-state index in [0.717, 1.165) is 9.17 Å². The van der Waals surface area contributed by atoms with E-state index in [1.807, 2.05) is 0 Å². The molecule has 0 spiro atoms. The molecule has 2 rings (SSSR count). The van der Waals surface area contributed by atoms with Crippen LogP contribution >= 0.6 is 39.1 Å². The highest BCUT2D eigenvalue weighted by Crippen LogP contribution is 2.26. The third-order valence-electron chi connectivity index (χ3n) is 1.67. The maximum Gasteiger partial charge on any atom is 0.268 e. The van der Waals surface area contributed by atoms with Gasteiger partial charge in [0.05, 0.1) is 14.6 Å². The van der Waals surface area contributed by atoms with E-state index in [0.29, 0.717) is 5.39 Å². The van der Waals surface area contributed by atoms with Gasteiger partial charge in [-0.15, -0.1) is 0 Å². The van der Waals surface area contributed by atoms with Crippen molar-refractivity contribution < 1.29 is 0 Å². The Bertz CT molecular complexity index is 576. The summed E-state index contributed by atoms with van der Waals surface area (Å²) < 4.78 is 4.02. The zero-order valence-corrected chi connectivity index (χ0v) is 9.76. The van der Waals surface area contributed by atoms with Crippen LogP contribution in [0.1, 0.15) is 5.69 Å². The standard InChI is InChI=1S/C7H3BrClN3OS/c8-2-1-11-4(6(9)10)3-5(2)14-12-7(3)13/h1,10H,(H,12,13). The lowest BCUT2D eigenvalue weighted by Crippen LogP contribution is -2.04. The predicted octanol–water partition coefficient (Wildman–Crippen LogP) is 2.31. The second-order valence-corrected chi connectivity index (χ2v) is 4.55. The van der Waals surface area contributed by atoms with Gasteiger partial charge >= 0.3 is 0 Å². The second kappa shape index (κ2) is 3.45. The molecule has 0 fully saturated rings. The van der Waals surface area contributed by atoms with Crippen LogP contribution in [-0.4, -0.2) is 14.5 Å². The molecule has 0 amide bonds. The molecule has 0 saturated carbocycles. The number of H-pyrrole nitrogens is 1. The summed E-state index contributed by atoms with van der Waals surface area (Å²) in [7, 11) is 0. The number of aromatic amines is 1. The topological polar surface area (TPSA) is 69.6 Å². The first-order valence-corrected chi connectivity index (χ1v) is 5.50. The highest BCUT2D eigenvalue weighted by Gasteiger charge is 2.13. The fourth-order valence-electron chi connectivity index (χ4n) is 1.10. The van der Waals surface area contributed by atoms with E-state index in [1.165, 1.54) is 17.7 Å². The predicted molar refractivity (Wildman–Crippen MR) is 60.6 cm³/mol. The number of hydrogen-bond donors (Lipinski definition) is 2. The Morgan fingerprint density at radius 3 is 3.07 bits per heavy atom. The van der Waals surface area contributed by atoms with Crippen molar-refractivity contribution >= 4 is 54.3 Å². The normalized spacial score (nSPS) is 10.7. The van der Waals surface area contributed by atoms with Gasteiger partial charge in [0, 0.05) is 6.20 Å². The first-order valence-electron chi connectivity index (χ1n) is 3.51. The molecule has 72 valence electrons. The van der Waals surface area contributed by atoms with E-state index in [9.17, 15) is 4.79 Å². The minimum Gasteiger partial charge on any atom is -0.287 e. The molecular formula is C7H3BrClN3OS. The molecule has 0 aliphatic rings. The van der Waals surface area contributed by atoms with E-state index >= 15 is 0 Å². The number of aromatic nitrogens is 2. The fraction of sp³-hybridized carbons (Fsp3) is 0. The Morgan fingerprint density at radius 2 is 2.43 bits per heavy atom. The van der Waals surface area contributed by atoms with Crippen LogP contribution in [0.25, 0.3) is 10.1 Å². The van der Waals surface area contributed by atoms with Crippen molar-refractivity contribution in [3.8, 4) is 0 Å². The molecule has 0 atom stereocenters. The highest BCUT2D eigenvalue weighted by molar-refractivity contribution is 9.10. The van der Waals surface area contributed by atoms with E-state index in [-0.39, 0.29) is 16.4 Å². The molecule has 0 aliphatic carbocycles. The van der Waals surface area contributed by atoms with Crippen LogP contribution in [-0.2, 0) is 0 Å².